The molecule has 1 atom stereocenters. The van der Waals surface area contributed by atoms with Crippen molar-refractivity contribution in [3.8, 4) is 17.2 Å². The third-order valence-electron chi connectivity index (χ3n) is 5.59. The number of hydrogen-bond donors (Lipinski definition) is 0. The summed E-state index contributed by atoms with van der Waals surface area (Å²) in [7, 11) is 2.48. The molecular weight excluding hydrogens is 408 g/mol. The van der Waals surface area contributed by atoms with Gasteiger partial charge in [-0.15, -0.1) is 9.24 Å². The molecule has 154 valence electrons. The van der Waals surface area contributed by atoms with Gasteiger partial charge in [-0.05, 0) is 90.8 Å². The molecule has 1 aliphatic carbocycles. The average molecular weight is 436 g/mol. The Morgan fingerprint density at radius 2 is 1.80 bits per heavy atom. The van der Waals surface area contributed by atoms with Gasteiger partial charge in [0.15, 0.2) is 0 Å². The number of unbranched alkanes of at least 4 members (excludes halogenated alkanes) is 1. The lowest BCUT2D eigenvalue weighted by Gasteiger charge is -2.27. The van der Waals surface area contributed by atoms with Crippen LogP contribution in [0, 0.1) is 34.2 Å². The number of hydrogen-bond acceptors (Lipinski definition) is 2. The Kier molecular flexibility index (Phi) is 8.57. The zero-order chi connectivity index (χ0) is 21.3. The van der Waals surface area contributed by atoms with Gasteiger partial charge in [-0.1, -0.05) is 49.5 Å². The minimum Gasteiger partial charge on any atom is -0.206 e. The van der Waals surface area contributed by atoms with Crippen LogP contribution in [0.4, 0.5) is 4.39 Å². The molecule has 4 heteroatoms. The fourth-order valence-electron chi connectivity index (χ4n) is 3.92. The topological polar surface area (TPSA) is 23.8 Å². The monoisotopic (exact) mass is 435 g/mol. The Bertz CT molecular complexity index is 963. The van der Waals surface area contributed by atoms with Gasteiger partial charge in [0.05, 0.1) is 4.90 Å². The van der Waals surface area contributed by atoms with Crippen molar-refractivity contribution in [2.75, 3.05) is 0 Å². The number of nitriles is 1. The molecule has 0 bridgehead atoms. The number of allylic oxidation sites excluding steroid dienone is 2. The van der Waals surface area contributed by atoms with Crippen molar-refractivity contribution in [1.29, 1.82) is 5.26 Å². The lowest BCUT2D eigenvalue weighted by Crippen LogP contribution is -2.11. The molecule has 3 rings (SSSR count). The summed E-state index contributed by atoms with van der Waals surface area (Å²) in [6.07, 6.45) is 12.2. The summed E-state index contributed by atoms with van der Waals surface area (Å²) in [5, 5.41) is 11.3. The smallest absolute Gasteiger partial charge is 0.139 e. The molecule has 2 aromatic carbocycles. The standard InChI is InChI=1S/C26H27FNPS/c1-2-3-4-5-19-8-12-22(13-9-19)23-14-10-20(11-15-23)6-7-21-16-24(27)26(30-18-28)25(29)17-21/h4-5,10-11,14-17,19,22H,2-3,8-9,12-13,29H2,1H3/b5-4+. The highest BCUT2D eigenvalue weighted by Crippen LogP contribution is 2.36. The van der Waals surface area contributed by atoms with Gasteiger partial charge in [-0.2, -0.15) is 5.26 Å². The lowest BCUT2D eigenvalue weighted by molar-refractivity contribution is 0.375. The molecule has 1 unspecified atom stereocenters. The van der Waals surface area contributed by atoms with Crippen molar-refractivity contribution >= 4 is 26.3 Å². The molecule has 30 heavy (non-hydrogen) atoms. The zero-order valence-electron chi connectivity index (χ0n) is 17.3. The Morgan fingerprint density at radius 1 is 1.10 bits per heavy atom. The van der Waals surface area contributed by atoms with E-state index in [2.05, 4.69) is 64.4 Å². The molecular formula is C26H27FNPS. The summed E-state index contributed by atoms with van der Waals surface area (Å²) in [5.74, 6) is 7.14. The number of thiocyanates is 1. The molecule has 0 radical (unpaired) electrons. The van der Waals surface area contributed by atoms with Crippen molar-refractivity contribution in [3.05, 3.63) is 71.1 Å². The average Bonchev–Trinajstić information content (AvgIpc) is 2.76. The normalized spacial score (nSPS) is 18.6. The van der Waals surface area contributed by atoms with Crippen LogP contribution in [-0.2, 0) is 0 Å². The third-order valence-corrected chi connectivity index (χ3v) is 6.98. The van der Waals surface area contributed by atoms with E-state index in [9.17, 15) is 4.39 Å². The largest absolute Gasteiger partial charge is 0.206 e. The van der Waals surface area contributed by atoms with Gasteiger partial charge in [0, 0.05) is 11.1 Å². The van der Waals surface area contributed by atoms with Crippen LogP contribution in [0.3, 0.4) is 0 Å². The molecule has 1 fully saturated rings. The van der Waals surface area contributed by atoms with Crippen LogP contribution in [0.2, 0.25) is 0 Å². The van der Waals surface area contributed by atoms with Crippen LogP contribution in [0.15, 0.2) is 53.4 Å². The molecule has 2 aromatic rings. The molecule has 0 aliphatic heterocycles. The lowest BCUT2D eigenvalue weighted by atomic mass is 9.78. The second-order valence-electron chi connectivity index (χ2n) is 7.77. The van der Waals surface area contributed by atoms with Crippen molar-refractivity contribution < 1.29 is 4.39 Å². The number of benzene rings is 2. The highest BCUT2D eigenvalue weighted by Gasteiger charge is 2.20. The quantitative estimate of drug-likeness (QED) is 0.167. The second-order valence-corrected chi connectivity index (χ2v) is 9.19. The molecule has 0 N–H and O–H groups in total. The van der Waals surface area contributed by atoms with Gasteiger partial charge in [0.1, 0.15) is 11.2 Å². The molecule has 0 heterocycles. The predicted molar refractivity (Wildman–Crippen MR) is 128 cm³/mol. The van der Waals surface area contributed by atoms with Gasteiger partial charge in [-0.3, -0.25) is 0 Å². The zero-order valence-corrected chi connectivity index (χ0v) is 19.3. The maximum absolute atomic E-state index is 14.1. The predicted octanol–water partition coefficient (Wildman–Crippen LogP) is 6.93. The van der Waals surface area contributed by atoms with Gasteiger partial charge < -0.3 is 0 Å². The third kappa shape index (κ3) is 6.22. The van der Waals surface area contributed by atoms with Crippen molar-refractivity contribution in [2.24, 2.45) is 5.92 Å². The van der Waals surface area contributed by atoms with Crippen LogP contribution >= 0.6 is 21.0 Å². The summed E-state index contributed by atoms with van der Waals surface area (Å²) in [6.45, 7) is 2.22. The molecule has 0 aromatic heterocycles. The highest BCUT2D eigenvalue weighted by atomic mass is 32.2. The van der Waals surface area contributed by atoms with Crippen molar-refractivity contribution in [2.45, 2.75) is 56.3 Å². The highest BCUT2D eigenvalue weighted by molar-refractivity contribution is 8.04. The maximum Gasteiger partial charge on any atom is 0.139 e. The molecule has 0 saturated heterocycles. The van der Waals surface area contributed by atoms with Crippen LogP contribution in [0.25, 0.3) is 0 Å². The number of thioether (sulfide) groups is 1. The fraction of sp³-hybridized carbons (Fsp3) is 0.346. The van der Waals surface area contributed by atoms with E-state index >= 15 is 0 Å². The Hall–Kier alpha value is -2.06. The molecule has 0 amide bonds. The SMILES string of the molecule is CCC/C=C/C1CCC(c2ccc(C#Cc3cc(F)c(SC#N)c(P)c3)cc2)CC1. The number of nitrogens with zero attached hydrogens (tertiary/aromatic N) is 1. The van der Waals surface area contributed by atoms with Gasteiger partial charge in [-0.25, -0.2) is 4.39 Å². The Labute approximate surface area is 186 Å². The van der Waals surface area contributed by atoms with Crippen LogP contribution in [-0.4, -0.2) is 0 Å². The maximum atomic E-state index is 14.1. The first-order chi connectivity index (χ1) is 14.6. The van der Waals surface area contributed by atoms with E-state index in [-0.39, 0.29) is 0 Å². The van der Waals surface area contributed by atoms with Gasteiger partial charge in [0.2, 0.25) is 0 Å². The molecule has 1 aliphatic rings. The summed E-state index contributed by atoms with van der Waals surface area (Å²) in [4.78, 5) is 0.341. The first-order valence-corrected chi connectivity index (χ1v) is 11.9. The van der Waals surface area contributed by atoms with E-state index < -0.39 is 5.82 Å². The van der Waals surface area contributed by atoms with E-state index in [0.29, 0.717) is 21.7 Å². The van der Waals surface area contributed by atoms with E-state index in [1.165, 1.54) is 50.2 Å². The number of halogens is 1. The van der Waals surface area contributed by atoms with Gasteiger partial charge >= 0.3 is 0 Å². The Morgan fingerprint density at radius 3 is 2.43 bits per heavy atom. The van der Waals surface area contributed by atoms with E-state index in [1.54, 1.807) is 6.07 Å². The van der Waals surface area contributed by atoms with E-state index in [0.717, 1.165) is 23.2 Å². The number of rotatable bonds is 5. The molecule has 1 saturated carbocycles. The van der Waals surface area contributed by atoms with Crippen LogP contribution in [0.5, 0.6) is 0 Å². The van der Waals surface area contributed by atoms with Crippen molar-refractivity contribution in [3.63, 3.8) is 0 Å². The summed E-state index contributed by atoms with van der Waals surface area (Å²) in [5.41, 5.74) is 2.93. The van der Waals surface area contributed by atoms with E-state index in [1.807, 2.05) is 5.40 Å². The minimum absolute atomic E-state index is 0.341. The second kappa shape index (κ2) is 11.4. The van der Waals surface area contributed by atoms with E-state index in [4.69, 9.17) is 5.26 Å². The first-order valence-electron chi connectivity index (χ1n) is 10.5. The summed E-state index contributed by atoms with van der Waals surface area (Å²) >= 11 is 0.829. The molecule has 1 nitrogen and oxygen atoms in total. The van der Waals surface area contributed by atoms with Gasteiger partial charge in [0.25, 0.3) is 0 Å². The minimum atomic E-state index is -0.408. The summed E-state index contributed by atoms with van der Waals surface area (Å²) < 4.78 is 14.1. The van der Waals surface area contributed by atoms with Crippen LogP contribution < -0.4 is 5.30 Å². The first kappa shape index (κ1) is 22.6. The fourth-order valence-corrected chi connectivity index (χ4v) is 4.84. The van der Waals surface area contributed by atoms with Crippen LogP contribution in [0.1, 0.15) is 68.1 Å². The summed E-state index contributed by atoms with van der Waals surface area (Å²) in [6, 6.07) is 11.7. The molecule has 0 spiro atoms. The Balaban J connectivity index is 1.62. The van der Waals surface area contributed by atoms with Crippen molar-refractivity contribution in [1.82, 2.24) is 0 Å².